The first-order valence-corrected chi connectivity index (χ1v) is 7.01. The smallest absolute Gasteiger partial charge is 0.229 e. The molecule has 2 fully saturated rings. The van der Waals surface area contributed by atoms with E-state index in [0.717, 1.165) is 39.0 Å². The molecule has 1 aliphatic carbocycles. The Bertz CT molecular complexity index is 287. The summed E-state index contributed by atoms with van der Waals surface area (Å²) in [5.74, 6) is 0.925. The maximum absolute atomic E-state index is 12.5. The van der Waals surface area contributed by atoms with Gasteiger partial charge in [-0.15, -0.1) is 0 Å². The van der Waals surface area contributed by atoms with Crippen LogP contribution in [-0.2, 0) is 4.79 Å². The van der Waals surface area contributed by atoms with E-state index in [0.29, 0.717) is 17.9 Å². The number of hydrogen-bond donors (Lipinski definition) is 0. The van der Waals surface area contributed by atoms with Crippen molar-refractivity contribution in [2.75, 3.05) is 26.2 Å². The molecule has 1 saturated heterocycles. The van der Waals surface area contributed by atoms with Crippen LogP contribution in [0.4, 0.5) is 0 Å². The van der Waals surface area contributed by atoms with Crippen molar-refractivity contribution in [3.63, 3.8) is 0 Å². The normalized spacial score (nSPS) is 24.5. The predicted octanol–water partition coefficient (Wildman–Crippen LogP) is 1.98. The SMILES string of the molecule is CC(C)N1CCN(C(=O)C2(C(C)C)CC2)CC1. The second kappa shape index (κ2) is 4.60. The highest BCUT2D eigenvalue weighted by atomic mass is 16.2. The molecule has 1 heterocycles. The highest BCUT2D eigenvalue weighted by Crippen LogP contribution is 2.53. The maximum atomic E-state index is 12.5. The molecule has 17 heavy (non-hydrogen) atoms. The van der Waals surface area contributed by atoms with E-state index in [9.17, 15) is 4.79 Å². The van der Waals surface area contributed by atoms with Gasteiger partial charge in [-0.1, -0.05) is 13.8 Å². The second-order valence-electron chi connectivity index (χ2n) is 6.23. The number of carbonyl (C=O) groups excluding carboxylic acids is 1. The van der Waals surface area contributed by atoms with Gasteiger partial charge in [0.05, 0.1) is 5.41 Å². The van der Waals surface area contributed by atoms with Crippen molar-refractivity contribution >= 4 is 5.91 Å². The zero-order valence-electron chi connectivity index (χ0n) is 11.7. The molecule has 1 aliphatic heterocycles. The summed E-state index contributed by atoms with van der Waals surface area (Å²) in [6, 6.07) is 0.604. The number of amides is 1. The number of hydrogen-bond acceptors (Lipinski definition) is 2. The quantitative estimate of drug-likeness (QED) is 0.750. The Morgan fingerprint density at radius 2 is 1.53 bits per heavy atom. The minimum atomic E-state index is 0.0139. The molecule has 0 unspecified atom stereocenters. The van der Waals surface area contributed by atoms with Crippen LogP contribution in [0.2, 0.25) is 0 Å². The molecular formula is C14H26N2O. The van der Waals surface area contributed by atoms with Gasteiger partial charge in [0.2, 0.25) is 5.91 Å². The second-order valence-corrected chi connectivity index (χ2v) is 6.23. The molecular weight excluding hydrogens is 212 g/mol. The van der Waals surface area contributed by atoms with E-state index in [2.05, 4.69) is 37.5 Å². The molecule has 3 heteroatoms. The van der Waals surface area contributed by atoms with E-state index in [1.54, 1.807) is 0 Å². The summed E-state index contributed by atoms with van der Waals surface area (Å²) in [7, 11) is 0. The number of rotatable bonds is 3. The summed E-state index contributed by atoms with van der Waals surface area (Å²) in [6.07, 6.45) is 2.21. The third-order valence-electron chi connectivity index (χ3n) is 4.65. The predicted molar refractivity (Wildman–Crippen MR) is 69.8 cm³/mol. The van der Waals surface area contributed by atoms with E-state index in [1.165, 1.54) is 0 Å². The molecule has 2 aliphatic rings. The first kappa shape index (κ1) is 12.9. The summed E-state index contributed by atoms with van der Waals surface area (Å²) in [6.45, 7) is 12.8. The lowest BCUT2D eigenvalue weighted by Gasteiger charge is -2.39. The van der Waals surface area contributed by atoms with Crippen LogP contribution < -0.4 is 0 Å². The lowest BCUT2D eigenvalue weighted by molar-refractivity contribution is -0.140. The summed E-state index contributed by atoms with van der Waals surface area (Å²) in [5.41, 5.74) is 0.0139. The molecule has 1 amide bonds. The zero-order chi connectivity index (χ0) is 12.6. The average molecular weight is 238 g/mol. The first-order valence-electron chi connectivity index (χ1n) is 7.01. The van der Waals surface area contributed by atoms with Crippen molar-refractivity contribution in [3.05, 3.63) is 0 Å². The number of nitrogens with zero attached hydrogens (tertiary/aromatic N) is 2. The molecule has 98 valence electrons. The van der Waals surface area contributed by atoms with Crippen molar-refractivity contribution in [1.29, 1.82) is 0 Å². The van der Waals surface area contributed by atoms with Crippen LogP contribution in [0, 0.1) is 11.3 Å². The van der Waals surface area contributed by atoms with Gasteiger partial charge in [0.15, 0.2) is 0 Å². The lowest BCUT2D eigenvalue weighted by Crippen LogP contribution is -2.53. The summed E-state index contributed by atoms with van der Waals surface area (Å²) in [4.78, 5) is 17.1. The van der Waals surface area contributed by atoms with Crippen molar-refractivity contribution in [2.45, 2.75) is 46.6 Å². The molecule has 0 aromatic carbocycles. The fraction of sp³-hybridized carbons (Fsp3) is 0.929. The van der Waals surface area contributed by atoms with Crippen LogP contribution in [0.5, 0.6) is 0 Å². The molecule has 0 N–H and O–H groups in total. The van der Waals surface area contributed by atoms with E-state index in [4.69, 9.17) is 0 Å². The minimum absolute atomic E-state index is 0.0139. The average Bonchev–Trinajstić information content (AvgIpc) is 3.09. The van der Waals surface area contributed by atoms with Gasteiger partial charge in [0.1, 0.15) is 0 Å². The van der Waals surface area contributed by atoms with Crippen molar-refractivity contribution in [1.82, 2.24) is 9.80 Å². The van der Waals surface area contributed by atoms with Gasteiger partial charge >= 0.3 is 0 Å². The maximum Gasteiger partial charge on any atom is 0.229 e. The van der Waals surface area contributed by atoms with Gasteiger partial charge in [-0.3, -0.25) is 9.69 Å². The van der Waals surface area contributed by atoms with Gasteiger partial charge < -0.3 is 4.90 Å². The van der Waals surface area contributed by atoms with Crippen molar-refractivity contribution in [2.24, 2.45) is 11.3 Å². The van der Waals surface area contributed by atoms with Crippen molar-refractivity contribution < 1.29 is 4.79 Å². The molecule has 2 rings (SSSR count). The van der Waals surface area contributed by atoms with Gasteiger partial charge in [-0.05, 0) is 32.6 Å². The van der Waals surface area contributed by atoms with Crippen molar-refractivity contribution in [3.8, 4) is 0 Å². The zero-order valence-corrected chi connectivity index (χ0v) is 11.7. The fourth-order valence-corrected chi connectivity index (χ4v) is 2.93. The third-order valence-corrected chi connectivity index (χ3v) is 4.65. The van der Waals surface area contributed by atoms with Crippen LogP contribution >= 0.6 is 0 Å². The largest absolute Gasteiger partial charge is 0.340 e. The third kappa shape index (κ3) is 2.35. The number of piperazine rings is 1. The van der Waals surface area contributed by atoms with E-state index < -0.39 is 0 Å². The molecule has 0 bridgehead atoms. The fourth-order valence-electron chi connectivity index (χ4n) is 2.93. The van der Waals surface area contributed by atoms with Gasteiger partial charge in [-0.2, -0.15) is 0 Å². The number of carbonyl (C=O) groups is 1. The molecule has 3 nitrogen and oxygen atoms in total. The Labute approximate surface area is 105 Å². The molecule has 0 spiro atoms. The lowest BCUT2D eigenvalue weighted by atomic mass is 9.90. The molecule has 0 aromatic rings. The summed E-state index contributed by atoms with van der Waals surface area (Å²) >= 11 is 0. The van der Waals surface area contributed by atoms with Gasteiger partial charge in [0, 0.05) is 32.2 Å². The van der Waals surface area contributed by atoms with Crippen LogP contribution in [0.15, 0.2) is 0 Å². The topological polar surface area (TPSA) is 23.6 Å². The van der Waals surface area contributed by atoms with Crippen LogP contribution in [0.3, 0.4) is 0 Å². The minimum Gasteiger partial charge on any atom is -0.340 e. The molecule has 0 radical (unpaired) electrons. The highest BCUT2D eigenvalue weighted by molar-refractivity contribution is 5.85. The Morgan fingerprint density at radius 3 is 1.88 bits per heavy atom. The van der Waals surface area contributed by atoms with Gasteiger partial charge in [0.25, 0.3) is 0 Å². The van der Waals surface area contributed by atoms with E-state index >= 15 is 0 Å². The molecule has 0 aromatic heterocycles. The Hall–Kier alpha value is -0.570. The first-order chi connectivity index (χ1) is 7.97. The molecule has 1 saturated carbocycles. The summed E-state index contributed by atoms with van der Waals surface area (Å²) < 4.78 is 0. The molecule has 0 atom stereocenters. The Balaban J connectivity index is 1.91. The van der Waals surface area contributed by atoms with Crippen LogP contribution in [0.1, 0.15) is 40.5 Å². The van der Waals surface area contributed by atoms with Crippen LogP contribution in [0.25, 0.3) is 0 Å². The Morgan fingerprint density at radius 1 is 1.00 bits per heavy atom. The monoisotopic (exact) mass is 238 g/mol. The summed E-state index contributed by atoms with van der Waals surface area (Å²) in [5, 5.41) is 0. The van der Waals surface area contributed by atoms with Crippen LogP contribution in [-0.4, -0.2) is 47.9 Å². The Kier molecular flexibility index (Phi) is 3.48. The van der Waals surface area contributed by atoms with E-state index in [1.807, 2.05) is 0 Å². The highest BCUT2D eigenvalue weighted by Gasteiger charge is 2.53. The standard InChI is InChI=1S/C14H26N2O/c1-11(2)14(5-6-14)13(17)16-9-7-15(8-10-16)12(3)4/h11-12H,5-10H2,1-4H3. The van der Waals surface area contributed by atoms with E-state index in [-0.39, 0.29) is 5.41 Å². The van der Waals surface area contributed by atoms with Gasteiger partial charge in [-0.25, -0.2) is 0 Å².